The standard InChI is InChI=1S/C53H32N4O4/c58-49-9-1-5-45(54-49)33-21-37-13-25-41(26-14-37)53(42-27-15-38(16-28-42)22-34-46-6-2-10-50(59)55-46,43-29-17-39(18-30-43)23-35-47-7-3-11-51(60)56-47)44-31-19-40(20-32-44)24-36-48-8-4-12-52(61)57-48/h1-20,25-32H,(H,54,58)(H,55,59)(H,56,60)(H,57,61). The summed E-state index contributed by atoms with van der Waals surface area (Å²) in [7, 11) is 0. The number of aromatic nitrogens is 4. The lowest BCUT2D eigenvalue weighted by atomic mass is 9.65. The van der Waals surface area contributed by atoms with Gasteiger partial charge in [0.15, 0.2) is 0 Å². The molecule has 8 aromatic rings. The van der Waals surface area contributed by atoms with Crippen molar-refractivity contribution in [3.8, 4) is 47.4 Å². The minimum Gasteiger partial charge on any atom is -0.315 e. The van der Waals surface area contributed by atoms with Crippen molar-refractivity contribution in [2.45, 2.75) is 5.41 Å². The van der Waals surface area contributed by atoms with Crippen molar-refractivity contribution < 1.29 is 0 Å². The maximum Gasteiger partial charge on any atom is 0.248 e. The van der Waals surface area contributed by atoms with E-state index in [0.717, 1.165) is 44.5 Å². The molecule has 61 heavy (non-hydrogen) atoms. The summed E-state index contributed by atoms with van der Waals surface area (Å²) in [5.74, 6) is 24.9. The molecule has 0 saturated heterocycles. The van der Waals surface area contributed by atoms with Gasteiger partial charge >= 0.3 is 0 Å². The van der Waals surface area contributed by atoms with Gasteiger partial charge in [-0.3, -0.25) is 19.2 Å². The highest BCUT2D eigenvalue weighted by molar-refractivity contribution is 5.63. The molecule has 0 aliphatic heterocycles. The van der Waals surface area contributed by atoms with Crippen molar-refractivity contribution in [1.29, 1.82) is 0 Å². The summed E-state index contributed by atoms with van der Waals surface area (Å²) in [5.41, 5.74) is 7.00. The number of aromatic amines is 4. The number of pyridine rings is 4. The van der Waals surface area contributed by atoms with Crippen LogP contribution in [-0.4, -0.2) is 19.9 Å². The molecule has 8 heteroatoms. The fourth-order valence-corrected chi connectivity index (χ4v) is 6.86. The lowest BCUT2D eigenvalue weighted by Crippen LogP contribution is -2.31. The van der Waals surface area contributed by atoms with Gasteiger partial charge < -0.3 is 19.9 Å². The van der Waals surface area contributed by atoms with Crippen LogP contribution in [0.4, 0.5) is 0 Å². The van der Waals surface area contributed by atoms with Gasteiger partial charge in [0, 0.05) is 46.5 Å². The number of H-pyrrole nitrogens is 4. The zero-order valence-electron chi connectivity index (χ0n) is 32.3. The smallest absolute Gasteiger partial charge is 0.248 e. The van der Waals surface area contributed by atoms with Gasteiger partial charge in [0.25, 0.3) is 0 Å². The van der Waals surface area contributed by atoms with Crippen molar-refractivity contribution in [2.75, 3.05) is 0 Å². The van der Waals surface area contributed by atoms with E-state index in [-0.39, 0.29) is 22.2 Å². The Kier molecular flexibility index (Phi) is 11.2. The largest absolute Gasteiger partial charge is 0.315 e. The van der Waals surface area contributed by atoms with Crippen LogP contribution in [0, 0.1) is 47.4 Å². The molecule has 0 unspecified atom stereocenters. The number of hydrogen-bond acceptors (Lipinski definition) is 4. The molecule has 4 aromatic carbocycles. The first-order chi connectivity index (χ1) is 29.8. The van der Waals surface area contributed by atoms with Gasteiger partial charge in [-0.15, -0.1) is 0 Å². The van der Waals surface area contributed by atoms with E-state index in [4.69, 9.17) is 0 Å². The molecule has 0 amide bonds. The first-order valence-electron chi connectivity index (χ1n) is 19.1. The van der Waals surface area contributed by atoms with Crippen molar-refractivity contribution in [3.05, 3.63) is 279 Å². The second kappa shape index (κ2) is 17.6. The van der Waals surface area contributed by atoms with Crippen molar-refractivity contribution in [2.24, 2.45) is 0 Å². The van der Waals surface area contributed by atoms with E-state index in [2.05, 4.69) is 116 Å². The molecular formula is C53H32N4O4. The van der Waals surface area contributed by atoms with Crippen molar-refractivity contribution in [1.82, 2.24) is 19.9 Å². The summed E-state index contributed by atoms with van der Waals surface area (Å²) in [5, 5.41) is 0. The average Bonchev–Trinajstić information content (AvgIpc) is 3.28. The Balaban J connectivity index is 1.28. The molecule has 4 N–H and O–H groups in total. The monoisotopic (exact) mass is 788 g/mol. The van der Waals surface area contributed by atoms with Crippen LogP contribution in [0.3, 0.4) is 0 Å². The van der Waals surface area contributed by atoms with E-state index in [9.17, 15) is 19.2 Å². The summed E-state index contributed by atoms with van der Waals surface area (Å²) in [4.78, 5) is 58.5. The fraction of sp³-hybridized carbons (Fsp3) is 0.0189. The van der Waals surface area contributed by atoms with Gasteiger partial charge in [0.05, 0.1) is 28.2 Å². The minimum absolute atomic E-state index is 0.224. The van der Waals surface area contributed by atoms with E-state index >= 15 is 0 Å². The van der Waals surface area contributed by atoms with Gasteiger partial charge in [0.2, 0.25) is 22.2 Å². The highest BCUT2D eigenvalue weighted by atomic mass is 16.1. The molecule has 8 rings (SSSR count). The highest BCUT2D eigenvalue weighted by Gasteiger charge is 2.38. The molecule has 8 nitrogen and oxygen atoms in total. The van der Waals surface area contributed by atoms with Gasteiger partial charge in [-0.05, 0) is 119 Å². The van der Waals surface area contributed by atoms with Crippen LogP contribution in [-0.2, 0) is 5.41 Å². The molecular weight excluding hydrogens is 757 g/mol. The van der Waals surface area contributed by atoms with E-state index in [0.29, 0.717) is 22.8 Å². The van der Waals surface area contributed by atoms with E-state index in [1.54, 1.807) is 48.5 Å². The molecule has 4 aromatic heterocycles. The number of nitrogens with one attached hydrogen (secondary N) is 4. The maximum absolute atomic E-state index is 11.9. The van der Waals surface area contributed by atoms with Gasteiger partial charge in [-0.2, -0.15) is 0 Å². The lowest BCUT2D eigenvalue weighted by molar-refractivity contribution is 0.744. The first-order valence-corrected chi connectivity index (χ1v) is 19.1. The Morgan fingerprint density at radius 2 is 0.475 bits per heavy atom. The van der Waals surface area contributed by atoms with Gasteiger partial charge in [-0.1, -0.05) is 96.5 Å². The Morgan fingerprint density at radius 1 is 0.262 bits per heavy atom. The Labute approximate surface area is 350 Å². The second-order valence-corrected chi connectivity index (χ2v) is 13.8. The Bertz CT molecular complexity index is 2930. The van der Waals surface area contributed by atoms with Crippen LogP contribution in [0.25, 0.3) is 0 Å². The summed E-state index contributed by atoms with van der Waals surface area (Å²) in [6.07, 6.45) is 0. The normalized spacial score (nSPS) is 10.4. The molecule has 0 atom stereocenters. The highest BCUT2D eigenvalue weighted by Crippen LogP contribution is 2.45. The SMILES string of the molecule is O=c1cccc(C#Cc2ccc(C(c3ccc(C#Cc4cccc(=O)[nH]4)cc3)(c3ccc(C#Cc4cccc(=O)[nH]4)cc3)c3ccc(C#Cc4cccc(=O)[nH]4)cc3)cc2)[nH]1. The molecule has 0 aliphatic rings. The molecule has 0 spiro atoms. The van der Waals surface area contributed by atoms with Crippen LogP contribution in [0.1, 0.15) is 67.3 Å². The van der Waals surface area contributed by atoms with Crippen LogP contribution < -0.4 is 22.2 Å². The zero-order valence-corrected chi connectivity index (χ0v) is 32.3. The van der Waals surface area contributed by atoms with Crippen LogP contribution >= 0.6 is 0 Å². The third-order valence-corrected chi connectivity index (χ3v) is 9.71. The van der Waals surface area contributed by atoms with Crippen molar-refractivity contribution in [3.63, 3.8) is 0 Å². The first kappa shape index (κ1) is 38.8. The maximum atomic E-state index is 11.9. The molecule has 0 aliphatic carbocycles. The molecule has 0 saturated carbocycles. The van der Waals surface area contributed by atoms with E-state index < -0.39 is 5.41 Å². The van der Waals surface area contributed by atoms with E-state index in [1.165, 1.54) is 24.3 Å². The Hall–Kier alpha value is -9.08. The number of benzene rings is 4. The summed E-state index contributed by atoms with van der Waals surface area (Å²) < 4.78 is 0. The molecule has 288 valence electrons. The number of hydrogen-bond donors (Lipinski definition) is 4. The van der Waals surface area contributed by atoms with Crippen LogP contribution in [0.5, 0.6) is 0 Å². The topological polar surface area (TPSA) is 131 Å². The lowest BCUT2D eigenvalue weighted by Gasteiger charge is -2.37. The third-order valence-electron chi connectivity index (χ3n) is 9.71. The van der Waals surface area contributed by atoms with Crippen LogP contribution in [0.15, 0.2) is 189 Å². The molecule has 0 fully saturated rings. The summed E-state index contributed by atoms with van der Waals surface area (Å²) in [6, 6.07) is 51.5. The quantitative estimate of drug-likeness (QED) is 0.121. The third kappa shape index (κ3) is 9.23. The second-order valence-electron chi connectivity index (χ2n) is 13.8. The van der Waals surface area contributed by atoms with Crippen LogP contribution in [0.2, 0.25) is 0 Å². The average molecular weight is 789 g/mol. The van der Waals surface area contributed by atoms with Gasteiger partial charge in [0.1, 0.15) is 0 Å². The van der Waals surface area contributed by atoms with E-state index in [1.807, 2.05) is 48.5 Å². The molecule has 0 radical (unpaired) electrons. The number of rotatable bonds is 4. The predicted octanol–water partition coefficient (Wildman–Crippen LogP) is 6.42. The molecule has 4 heterocycles. The summed E-state index contributed by atoms with van der Waals surface area (Å²) >= 11 is 0. The zero-order chi connectivity index (χ0) is 42.0. The fourth-order valence-electron chi connectivity index (χ4n) is 6.86. The summed E-state index contributed by atoms with van der Waals surface area (Å²) in [6.45, 7) is 0. The molecule has 0 bridgehead atoms. The Morgan fingerprint density at radius 3 is 0.672 bits per heavy atom. The van der Waals surface area contributed by atoms with Crippen molar-refractivity contribution >= 4 is 0 Å². The van der Waals surface area contributed by atoms with Gasteiger partial charge in [-0.25, -0.2) is 0 Å². The minimum atomic E-state index is -0.902. The predicted molar refractivity (Wildman–Crippen MR) is 237 cm³/mol.